The van der Waals surface area contributed by atoms with Crippen molar-refractivity contribution in [2.45, 2.75) is 96.7 Å². The topological polar surface area (TPSA) is 66.5 Å². The zero-order valence-electron chi connectivity index (χ0n) is 17.8. The van der Waals surface area contributed by atoms with Gasteiger partial charge in [-0.1, -0.05) is 19.0 Å². The predicted molar refractivity (Wildman–Crippen MR) is 108 cm³/mol. The van der Waals surface area contributed by atoms with Gasteiger partial charge in [0.2, 0.25) is 0 Å². The number of hydrogen-bond donors (Lipinski definition) is 2. The van der Waals surface area contributed by atoms with Crippen LogP contribution in [0, 0.1) is 34.5 Å². The van der Waals surface area contributed by atoms with Crippen LogP contribution >= 0.6 is 0 Å². The van der Waals surface area contributed by atoms with Crippen molar-refractivity contribution in [3.05, 3.63) is 17.5 Å². The van der Waals surface area contributed by atoms with Gasteiger partial charge < -0.3 is 14.7 Å². The lowest BCUT2D eigenvalue weighted by Gasteiger charge is -2.61. The fraction of sp³-hybridized carbons (Fsp3) is 0.875. The quantitative estimate of drug-likeness (QED) is 0.746. The van der Waals surface area contributed by atoms with Gasteiger partial charge in [0.05, 0.1) is 11.3 Å². The van der Waals surface area contributed by atoms with Crippen LogP contribution in [0.5, 0.6) is 0 Å². The summed E-state index contributed by atoms with van der Waals surface area (Å²) in [7, 11) is 0. The van der Waals surface area contributed by atoms with Gasteiger partial charge in [-0.15, -0.1) is 0 Å². The molecule has 0 radical (unpaired) electrons. The summed E-state index contributed by atoms with van der Waals surface area (Å²) in [6.45, 7) is 7.06. The van der Waals surface area contributed by atoms with Crippen LogP contribution in [0.25, 0.3) is 0 Å². The smallest absolute Gasteiger partial charge is 0.162 e. The van der Waals surface area contributed by atoms with Crippen LogP contribution in [0.15, 0.2) is 10.6 Å². The van der Waals surface area contributed by atoms with Crippen LogP contribution in [-0.4, -0.2) is 21.0 Å². The first-order chi connectivity index (χ1) is 13.3. The first kappa shape index (κ1) is 19.1. The minimum Gasteiger partial charge on any atom is -0.390 e. The molecule has 4 aliphatic carbocycles. The van der Waals surface area contributed by atoms with Gasteiger partial charge >= 0.3 is 0 Å². The van der Waals surface area contributed by atoms with Crippen LogP contribution in [0.4, 0.5) is 0 Å². The highest BCUT2D eigenvalue weighted by molar-refractivity contribution is 5.20. The van der Waals surface area contributed by atoms with Gasteiger partial charge in [0.1, 0.15) is 6.61 Å². The predicted octanol–water partition coefficient (Wildman–Crippen LogP) is 5.04. The van der Waals surface area contributed by atoms with Gasteiger partial charge in [0, 0.05) is 12.0 Å². The number of aliphatic hydroxyl groups is 2. The summed E-state index contributed by atoms with van der Waals surface area (Å²) >= 11 is 0. The Morgan fingerprint density at radius 2 is 1.79 bits per heavy atom. The molecule has 4 fully saturated rings. The molecule has 0 aliphatic heterocycles. The Bertz CT molecular complexity index is 742. The maximum absolute atomic E-state index is 10.7. The highest BCUT2D eigenvalue weighted by atomic mass is 16.5. The van der Waals surface area contributed by atoms with Gasteiger partial charge in [-0.3, -0.25) is 0 Å². The molecule has 4 aliphatic rings. The molecule has 4 saturated carbocycles. The largest absolute Gasteiger partial charge is 0.390 e. The third kappa shape index (κ3) is 2.66. The molecule has 0 saturated heterocycles. The Kier molecular flexibility index (Phi) is 4.31. The van der Waals surface area contributed by atoms with Crippen molar-refractivity contribution in [1.29, 1.82) is 0 Å². The summed E-state index contributed by atoms with van der Waals surface area (Å²) in [5.41, 5.74) is 1.35. The van der Waals surface area contributed by atoms with E-state index in [0.717, 1.165) is 36.3 Å². The van der Waals surface area contributed by atoms with Gasteiger partial charge in [-0.2, -0.15) is 0 Å². The molecule has 8 atom stereocenters. The van der Waals surface area contributed by atoms with E-state index in [-0.39, 0.29) is 6.61 Å². The standard InChI is InChI=1S/C24H37NO3/c1-22(27)10-11-23(2)15(13-22)4-5-17-18-6-7-20(21-12-16(14-26)28-25-21)24(18,3)9-8-19(17)23/h12,15,17-20,26-27H,4-11,13-14H2,1-3H3. The van der Waals surface area contributed by atoms with Crippen molar-refractivity contribution in [1.82, 2.24) is 5.16 Å². The Morgan fingerprint density at radius 1 is 1.00 bits per heavy atom. The SMILES string of the molecule is CC1(O)CCC2(C)C(CCC3C2CCC2(C)C(c4cc(CO)on4)CCC32)C1. The monoisotopic (exact) mass is 387 g/mol. The molecule has 156 valence electrons. The van der Waals surface area contributed by atoms with E-state index in [1.165, 1.54) is 44.9 Å². The van der Waals surface area contributed by atoms with Crippen molar-refractivity contribution in [2.75, 3.05) is 0 Å². The zero-order chi connectivity index (χ0) is 19.7. The molecule has 0 bridgehead atoms. The van der Waals surface area contributed by atoms with Crippen LogP contribution in [0.3, 0.4) is 0 Å². The highest BCUT2D eigenvalue weighted by Gasteiger charge is 2.61. The second kappa shape index (κ2) is 6.31. The van der Waals surface area contributed by atoms with E-state index in [2.05, 4.69) is 25.9 Å². The summed E-state index contributed by atoms with van der Waals surface area (Å²) in [4.78, 5) is 0. The average molecular weight is 388 g/mol. The average Bonchev–Trinajstić information content (AvgIpc) is 3.25. The van der Waals surface area contributed by atoms with Crippen LogP contribution < -0.4 is 0 Å². The zero-order valence-corrected chi connectivity index (χ0v) is 17.8. The molecule has 0 amide bonds. The van der Waals surface area contributed by atoms with Crippen molar-refractivity contribution in [3.8, 4) is 0 Å². The number of hydrogen-bond acceptors (Lipinski definition) is 4. The molecular formula is C24H37NO3. The maximum atomic E-state index is 10.7. The molecule has 1 heterocycles. The van der Waals surface area contributed by atoms with E-state index in [1.807, 2.05) is 6.07 Å². The number of aliphatic hydroxyl groups excluding tert-OH is 1. The highest BCUT2D eigenvalue weighted by Crippen LogP contribution is 2.69. The van der Waals surface area contributed by atoms with E-state index in [4.69, 9.17) is 4.52 Å². The number of nitrogens with zero attached hydrogens (tertiary/aromatic N) is 1. The van der Waals surface area contributed by atoms with Crippen molar-refractivity contribution < 1.29 is 14.7 Å². The molecule has 1 aromatic rings. The fourth-order valence-corrected chi connectivity index (χ4v) is 8.48. The molecule has 28 heavy (non-hydrogen) atoms. The third-order valence-corrected chi connectivity index (χ3v) is 10.0. The number of rotatable bonds is 2. The Hall–Kier alpha value is -0.870. The lowest BCUT2D eigenvalue weighted by molar-refractivity contribution is -0.143. The molecule has 4 heteroatoms. The van der Waals surface area contributed by atoms with Gasteiger partial charge in [-0.05, 0) is 99.2 Å². The Balaban J connectivity index is 1.41. The number of fused-ring (bicyclic) bond motifs is 5. The van der Waals surface area contributed by atoms with E-state index < -0.39 is 5.60 Å². The Labute approximate surface area is 169 Å². The van der Waals surface area contributed by atoms with Gasteiger partial charge in [0.25, 0.3) is 0 Å². The van der Waals surface area contributed by atoms with Crippen LogP contribution in [0.2, 0.25) is 0 Å². The van der Waals surface area contributed by atoms with E-state index in [1.54, 1.807) is 0 Å². The fourth-order valence-electron chi connectivity index (χ4n) is 8.48. The minimum absolute atomic E-state index is 0.0614. The lowest BCUT2D eigenvalue weighted by Crippen LogP contribution is -2.55. The van der Waals surface area contributed by atoms with E-state index >= 15 is 0 Å². The van der Waals surface area contributed by atoms with Crippen LogP contribution in [0.1, 0.15) is 95.9 Å². The molecule has 4 nitrogen and oxygen atoms in total. The molecule has 0 spiro atoms. The van der Waals surface area contributed by atoms with Gasteiger partial charge in [0.15, 0.2) is 5.76 Å². The summed E-state index contributed by atoms with van der Waals surface area (Å²) < 4.78 is 5.34. The number of aromatic nitrogens is 1. The normalized spacial score (nSPS) is 50.7. The summed E-state index contributed by atoms with van der Waals surface area (Å²) in [5, 5.41) is 24.4. The summed E-state index contributed by atoms with van der Waals surface area (Å²) in [6, 6.07) is 1.99. The molecule has 2 N–H and O–H groups in total. The maximum Gasteiger partial charge on any atom is 0.162 e. The van der Waals surface area contributed by atoms with Gasteiger partial charge in [-0.25, -0.2) is 0 Å². The van der Waals surface area contributed by atoms with Crippen molar-refractivity contribution >= 4 is 0 Å². The molecule has 0 aromatic carbocycles. The minimum atomic E-state index is -0.448. The molecule has 1 aromatic heterocycles. The molecule has 8 unspecified atom stereocenters. The first-order valence-electron chi connectivity index (χ1n) is 11.6. The van der Waals surface area contributed by atoms with E-state index in [0.29, 0.717) is 28.4 Å². The van der Waals surface area contributed by atoms with Crippen molar-refractivity contribution in [2.24, 2.45) is 34.5 Å². The Morgan fingerprint density at radius 3 is 2.54 bits per heavy atom. The van der Waals surface area contributed by atoms with Crippen LogP contribution in [-0.2, 0) is 6.61 Å². The summed E-state index contributed by atoms with van der Waals surface area (Å²) in [5.74, 6) is 4.20. The lowest BCUT2D eigenvalue weighted by atomic mass is 9.44. The van der Waals surface area contributed by atoms with E-state index in [9.17, 15) is 10.2 Å². The second-order valence-electron chi connectivity index (χ2n) is 11.4. The third-order valence-electron chi connectivity index (χ3n) is 10.0. The molecule has 5 rings (SSSR count). The first-order valence-corrected chi connectivity index (χ1v) is 11.6. The molecular weight excluding hydrogens is 350 g/mol. The van der Waals surface area contributed by atoms with Crippen molar-refractivity contribution in [3.63, 3.8) is 0 Å². The second-order valence-corrected chi connectivity index (χ2v) is 11.4. The summed E-state index contributed by atoms with van der Waals surface area (Å²) in [6.07, 6.45) is 10.9.